The van der Waals surface area contributed by atoms with Gasteiger partial charge in [-0.3, -0.25) is 4.79 Å². The van der Waals surface area contributed by atoms with Gasteiger partial charge in [0.15, 0.2) is 28.8 Å². The van der Waals surface area contributed by atoms with Crippen molar-refractivity contribution in [3.8, 4) is 23.0 Å². The summed E-state index contributed by atoms with van der Waals surface area (Å²) in [7, 11) is 6.28. The Morgan fingerprint density at radius 1 is 0.927 bits per heavy atom. The average Bonchev–Trinajstić information content (AvgIpc) is 2.97. The van der Waals surface area contributed by atoms with E-state index < -0.39 is 11.9 Å². The molecule has 220 valence electrons. The number of halogens is 1. The first kappa shape index (κ1) is 30.5. The van der Waals surface area contributed by atoms with Crippen LogP contribution in [0, 0.1) is 0 Å². The van der Waals surface area contributed by atoms with Gasteiger partial charge in [-0.1, -0.05) is 22.0 Å². The highest BCUT2D eigenvalue weighted by Crippen LogP contribution is 2.49. The molecule has 9 nitrogen and oxygen atoms in total. The highest BCUT2D eigenvalue weighted by Gasteiger charge is 2.42. The molecule has 2 aromatic carbocycles. The van der Waals surface area contributed by atoms with Gasteiger partial charge in [-0.2, -0.15) is 0 Å². The topological polar surface area (TPSA) is 102 Å². The van der Waals surface area contributed by atoms with Crippen molar-refractivity contribution in [3.63, 3.8) is 0 Å². The van der Waals surface area contributed by atoms with Crippen LogP contribution in [-0.2, 0) is 19.1 Å². The molecule has 1 N–H and O–H groups in total. The van der Waals surface area contributed by atoms with E-state index in [0.717, 1.165) is 11.3 Å². The maximum absolute atomic E-state index is 14.0. The van der Waals surface area contributed by atoms with Crippen molar-refractivity contribution in [1.82, 2.24) is 5.32 Å². The summed E-state index contributed by atoms with van der Waals surface area (Å²) >= 11 is 3.66. The molecule has 2 aliphatic rings. The highest BCUT2D eigenvalue weighted by atomic mass is 79.9. The molecule has 1 aliphatic heterocycles. The number of ketones is 1. The maximum atomic E-state index is 14.0. The second-order valence-corrected chi connectivity index (χ2v) is 10.5. The van der Waals surface area contributed by atoms with Gasteiger partial charge in [0.25, 0.3) is 0 Å². The number of carbonyl (C=O) groups excluding carboxylic acids is 2. The molecule has 0 aromatic heterocycles. The number of esters is 1. The van der Waals surface area contributed by atoms with Crippen LogP contribution in [0.4, 0.5) is 0 Å². The Hall–Kier alpha value is -3.50. The number of dihydropyridines is 1. The number of hydrogen-bond acceptors (Lipinski definition) is 9. The van der Waals surface area contributed by atoms with Gasteiger partial charge in [0.05, 0.1) is 40.6 Å². The van der Waals surface area contributed by atoms with E-state index in [0.29, 0.717) is 62.9 Å². The van der Waals surface area contributed by atoms with Crippen molar-refractivity contribution in [2.24, 2.45) is 0 Å². The van der Waals surface area contributed by atoms with E-state index >= 15 is 0 Å². The smallest absolute Gasteiger partial charge is 0.336 e. The van der Waals surface area contributed by atoms with Crippen LogP contribution in [-0.4, -0.2) is 60.0 Å². The number of hydrogen-bond donors (Lipinski definition) is 1. The number of nitrogens with one attached hydrogen (secondary N) is 1. The highest BCUT2D eigenvalue weighted by molar-refractivity contribution is 9.10. The van der Waals surface area contributed by atoms with Crippen LogP contribution in [0.1, 0.15) is 49.7 Å². The Labute approximate surface area is 248 Å². The molecule has 0 amide bonds. The molecule has 2 atom stereocenters. The summed E-state index contributed by atoms with van der Waals surface area (Å²) in [6, 6.07) is 9.31. The molecule has 0 bridgehead atoms. The van der Waals surface area contributed by atoms with Gasteiger partial charge in [0.2, 0.25) is 0 Å². The molecule has 0 radical (unpaired) electrons. The van der Waals surface area contributed by atoms with Crippen LogP contribution >= 0.6 is 15.9 Å². The molecule has 0 saturated heterocycles. The van der Waals surface area contributed by atoms with E-state index in [9.17, 15) is 9.59 Å². The van der Waals surface area contributed by atoms with Gasteiger partial charge in [0, 0.05) is 40.4 Å². The summed E-state index contributed by atoms with van der Waals surface area (Å²) in [5.41, 5.74) is 3.97. The molecule has 1 heterocycles. The fourth-order valence-corrected chi connectivity index (χ4v) is 6.02. The van der Waals surface area contributed by atoms with Gasteiger partial charge in [-0.05, 0) is 61.6 Å². The van der Waals surface area contributed by atoms with E-state index in [-0.39, 0.29) is 31.3 Å². The lowest BCUT2D eigenvalue weighted by atomic mass is 9.71. The molecule has 2 aromatic rings. The number of methoxy groups -OCH3 is 4. The van der Waals surface area contributed by atoms with Crippen LogP contribution in [0.3, 0.4) is 0 Å². The molecule has 41 heavy (non-hydrogen) atoms. The Kier molecular flexibility index (Phi) is 9.99. The number of allylic oxidation sites excluding steroid dienone is 3. The normalized spacial score (nSPS) is 18.5. The van der Waals surface area contributed by atoms with Crippen molar-refractivity contribution in [2.75, 3.05) is 48.3 Å². The van der Waals surface area contributed by atoms with E-state index in [1.165, 1.54) is 0 Å². The van der Waals surface area contributed by atoms with Crippen molar-refractivity contribution in [2.45, 2.75) is 38.5 Å². The molecule has 4 rings (SSSR count). The molecule has 10 heteroatoms. The van der Waals surface area contributed by atoms with Crippen molar-refractivity contribution in [3.05, 3.63) is 68.5 Å². The zero-order valence-corrected chi connectivity index (χ0v) is 25.8. The number of benzene rings is 2. The van der Waals surface area contributed by atoms with Crippen LogP contribution in [0.5, 0.6) is 23.0 Å². The molecule has 1 aliphatic carbocycles. The molecule has 0 spiro atoms. The quantitative estimate of drug-likeness (QED) is 0.258. The number of rotatable bonds is 11. The zero-order valence-electron chi connectivity index (χ0n) is 24.2. The third kappa shape index (κ3) is 6.23. The zero-order chi connectivity index (χ0) is 29.7. The minimum Gasteiger partial charge on any atom is -0.493 e. The summed E-state index contributed by atoms with van der Waals surface area (Å²) < 4.78 is 33.6. The SMILES string of the molecule is CCOCCOC(=O)C1=C(C)NC2=C(C(=O)C[C@H](c3ccc(OC)c(OC)c3)C2)[C@H]1c1cc(OC)c(OC)cc1Br. The van der Waals surface area contributed by atoms with Crippen LogP contribution in [0.2, 0.25) is 0 Å². The minimum absolute atomic E-state index is 0.0580. The van der Waals surface area contributed by atoms with Crippen molar-refractivity contribution >= 4 is 27.7 Å². The standard InChI is InChI=1S/C31H36BrNO8/c1-7-40-10-11-41-31(35)28-17(2)33-22-12-19(18-8-9-24(36-3)25(14-18)37-4)13-23(34)30(22)29(28)20-15-26(38-5)27(39-6)16-21(20)32/h8-9,14-16,19,29,33H,7,10-13H2,1-6H3/t19-,29+/m1/s1. The lowest BCUT2D eigenvalue weighted by Gasteiger charge is -2.37. The van der Waals surface area contributed by atoms with E-state index in [2.05, 4.69) is 21.2 Å². The molecule has 0 unspecified atom stereocenters. The summed E-state index contributed by atoms with van der Waals surface area (Å²) in [5.74, 6) is 0.901. The lowest BCUT2D eigenvalue weighted by Crippen LogP contribution is -2.36. The molecule has 0 fully saturated rings. The van der Waals surface area contributed by atoms with Crippen LogP contribution in [0.25, 0.3) is 0 Å². The summed E-state index contributed by atoms with van der Waals surface area (Å²) in [6.07, 6.45) is 0.838. The predicted octanol–water partition coefficient (Wildman–Crippen LogP) is 5.42. The third-order valence-corrected chi connectivity index (χ3v) is 8.09. The van der Waals surface area contributed by atoms with Gasteiger partial charge in [-0.15, -0.1) is 0 Å². The van der Waals surface area contributed by atoms with Crippen LogP contribution in [0.15, 0.2) is 57.3 Å². The fraction of sp³-hybridized carbons (Fsp3) is 0.419. The van der Waals surface area contributed by atoms with Gasteiger partial charge < -0.3 is 33.7 Å². The Morgan fingerprint density at radius 3 is 2.24 bits per heavy atom. The van der Waals surface area contributed by atoms with E-state index in [1.54, 1.807) is 40.6 Å². The first-order valence-electron chi connectivity index (χ1n) is 13.4. The largest absolute Gasteiger partial charge is 0.493 e. The van der Waals surface area contributed by atoms with Gasteiger partial charge >= 0.3 is 5.97 Å². The monoisotopic (exact) mass is 629 g/mol. The van der Waals surface area contributed by atoms with E-state index in [4.69, 9.17) is 28.4 Å². The number of Topliss-reactive ketones (excluding diaryl/α,β-unsaturated/α-hetero) is 1. The van der Waals surface area contributed by atoms with Crippen molar-refractivity contribution < 1.29 is 38.0 Å². The molecular formula is C31H36BrNO8. The van der Waals surface area contributed by atoms with Gasteiger partial charge in [-0.25, -0.2) is 4.79 Å². The molecule has 0 saturated carbocycles. The number of ether oxygens (including phenoxy) is 6. The Balaban J connectivity index is 1.80. The molecular weight excluding hydrogens is 594 g/mol. The lowest BCUT2D eigenvalue weighted by molar-refractivity contribution is -0.140. The number of carbonyl (C=O) groups is 2. The van der Waals surface area contributed by atoms with Crippen molar-refractivity contribution in [1.29, 1.82) is 0 Å². The van der Waals surface area contributed by atoms with Gasteiger partial charge in [0.1, 0.15) is 6.61 Å². The predicted molar refractivity (Wildman–Crippen MR) is 157 cm³/mol. The Bertz CT molecular complexity index is 1380. The maximum Gasteiger partial charge on any atom is 0.336 e. The van der Waals surface area contributed by atoms with Crippen LogP contribution < -0.4 is 24.3 Å². The van der Waals surface area contributed by atoms with E-state index in [1.807, 2.05) is 32.0 Å². The first-order valence-corrected chi connectivity index (χ1v) is 14.2. The Morgan fingerprint density at radius 2 is 1.59 bits per heavy atom. The fourth-order valence-electron chi connectivity index (χ4n) is 5.47. The summed E-state index contributed by atoms with van der Waals surface area (Å²) in [6.45, 7) is 4.61. The minimum atomic E-state index is -0.682. The first-order chi connectivity index (χ1) is 19.8. The summed E-state index contributed by atoms with van der Waals surface area (Å²) in [5, 5.41) is 3.38. The second-order valence-electron chi connectivity index (χ2n) is 9.69. The average molecular weight is 631 g/mol. The third-order valence-electron chi connectivity index (χ3n) is 7.41. The second kappa shape index (κ2) is 13.4. The summed E-state index contributed by atoms with van der Waals surface area (Å²) in [4.78, 5) is 27.6.